The van der Waals surface area contributed by atoms with Crippen LogP contribution in [0.4, 0.5) is 0 Å². The number of hydrogen-bond acceptors (Lipinski definition) is 5. The van der Waals surface area contributed by atoms with Gasteiger partial charge in [-0.25, -0.2) is 9.78 Å². The minimum atomic E-state index is -1.87. The lowest BCUT2D eigenvalue weighted by Gasteiger charge is -2.20. The molecule has 0 aliphatic carbocycles. The molecular weight excluding hydrogens is 410 g/mol. The highest BCUT2D eigenvalue weighted by Gasteiger charge is 2.36. The first kappa shape index (κ1) is 19.1. The third kappa shape index (κ3) is 4.72. The van der Waals surface area contributed by atoms with E-state index in [9.17, 15) is 9.90 Å². The van der Waals surface area contributed by atoms with E-state index in [2.05, 4.69) is 20.9 Å². The SMILES string of the molecule is COC(=O)[C@](O)(/C=C/c1ccc(Br)cc1)Cc1cnc(-c2ccccc2)o1. The van der Waals surface area contributed by atoms with E-state index in [-0.39, 0.29) is 6.42 Å². The largest absolute Gasteiger partial charge is 0.467 e. The molecule has 0 fully saturated rings. The number of esters is 1. The molecule has 1 heterocycles. The Morgan fingerprint density at radius 2 is 1.93 bits per heavy atom. The van der Waals surface area contributed by atoms with Gasteiger partial charge in [0.2, 0.25) is 5.89 Å². The van der Waals surface area contributed by atoms with Crippen molar-refractivity contribution in [2.75, 3.05) is 7.11 Å². The normalized spacial score (nSPS) is 13.4. The number of carbonyl (C=O) groups excluding carboxylic acids is 1. The minimum absolute atomic E-state index is 0.0907. The second kappa shape index (κ2) is 8.33. The second-order valence-corrected chi connectivity index (χ2v) is 6.89. The van der Waals surface area contributed by atoms with E-state index >= 15 is 0 Å². The van der Waals surface area contributed by atoms with E-state index in [0.717, 1.165) is 15.6 Å². The van der Waals surface area contributed by atoms with Crippen molar-refractivity contribution >= 4 is 28.0 Å². The van der Waals surface area contributed by atoms with Crippen molar-refractivity contribution < 1.29 is 19.1 Å². The summed E-state index contributed by atoms with van der Waals surface area (Å²) < 4.78 is 11.4. The summed E-state index contributed by atoms with van der Waals surface area (Å²) in [5.41, 5.74) is -0.214. The first-order valence-corrected chi connectivity index (χ1v) is 9.05. The van der Waals surface area contributed by atoms with Crippen molar-refractivity contribution in [2.45, 2.75) is 12.0 Å². The van der Waals surface area contributed by atoms with E-state index in [4.69, 9.17) is 9.15 Å². The molecule has 0 aliphatic rings. The van der Waals surface area contributed by atoms with Crippen molar-refractivity contribution in [2.24, 2.45) is 0 Å². The number of methoxy groups -OCH3 is 1. The summed E-state index contributed by atoms with van der Waals surface area (Å²) in [7, 11) is 1.23. The molecule has 1 N–H and O–H groups in total. The molecule has 0 radical (unpaired) electrons. The number of aromatic nitrogens is 1. The van der Waals surface area contributed by atoms with Gasteiger partial charge in [0.1, 0.15) is 5.76 Å². The molecule has 2 aromatic carbocycles. The predicted molar refractivity (Wildman–Crippen MR) is 106 cm³/mol. The Morgan fingerprint density at radius 1 is 1.22 bits per heavy atom. The summed E-state index contributed by atoms with van der Waals surface area (Å²) >= 11 is 3.37. The maximum atomic E-state index is 12.2. The van der Waals surface area contributed by atoms with Gasteiger partial charge in [-0.1, -0.05) is 52.3 Å². The smallest absolute Gasteiger partial charge is 0.342 e. The van der Waals surface area contributed by atoms with E-state index in [1.165, 1.54) is 19.4 Å². The molecule has 3 aromatic rings. The van der Waals surface area contributed by atoms with Crippen molar-refractivity contribution in [3.8, 4) is 11.5 Å². The highest BCUT2D eigenvalue weighted by molar-refractivity contribution is 9.10. The van der Waals surface area contributed by atoms with Crippen LogP contribution < -0.4 is 0 Å². The number of ether oxygens (including phenoxy) is 1. The fourth-order valence-corrected chi connectivity index (χ4v) is 2.82. The van der Waals surface area contributed by atoms with Crippen LogP contribution in [0.3, 0.4) is 0 Å². The number of aliphatic hydroxyl groups is 1. The lowest BCUT2D eigenvalue weighted by atomic mass is 9.97. The van der Waals surface area contributed by atoms with E-state index < -0.39 is 11.6 Å². The van der Waals surface area contributed by atoms with Gasteiger partial charge < -0.3 is 14.3 Å². The first-order chi connectivity index (χ1) is 13.0. The molecule has 0 saturated heterocycles. The number of rotatable bonds is 6. The fraction of sp³-hybridized carbons (Fsp3) is 0.143. The van der Waals surface area contributed by atoms with Gasteiger partial charge in [0.05, 0.1) is 19.7 Å². The third-order valence-electron chi connectivity index (χ3n) is 3.98. The first-order valence-electron chi connectivity index (χ1n) is 8.26. The predicted octanol–water partition coefficient (Wildman–Crippen LogP) is 4.26. The average Bonchev–Trinajstić information content (AvgIpc) is 3.16. The summed E-state index contributed by atoms with van der Waals surface area (Å²) in [5, 5.41) is 10.9. The highest BCUT2D eigenvalue weighted by Crippen LogP contribution is 2.24. The highest BCUT2D eigenvalue weighted by atomic mass is 79.9. The van der Waals surface area contributed by atoms with E-state index in [1.807, 2.05) is 54.6 Å². The topological polar surface area (TPSA) is 72.6 Å². The molecule has 138 valence electrons. The Hall–Kier alpha value is -2.70. The van der Waals surface area contributed by atoms with Crippen molar-refractivity contribution in [1.29, 1.82) is 0 Å². The molecule has 0 unspecified atom stereocenters. The van der Waals surface area contributed by atoms with Gasteiger partial charge >= 0.3 is 5.97 Å². The molecule has 0 spiro atoms. The molecule has 6 heteroatoms. The van der Waals surface area contributed by atoms with Crippen LogP contribution >= 0.6 is 15.9 Å². The van der Waals surface area contributed by atoms with Gasteiger partial charge in [0.25, 0.3) is 0 Å². The van der Waals surface area contributed by atoms with Crippen LogP contribution in [0.1, 0.15) is 11.3 Å². The molecular formula is C21H18BrNO4. The Bertz CT molecular complexity index is 934. The minimum Gasteiger partial charge on any atom is -0.467 e. The number of carbonyl (C=O) groups is 1. The van der Waals surface area contributed by atoms with Crippen LogP contribution in [0.25, 0.3) is 17.5 Å². The standard InChI is InChI=1S/C21H18BrNO4/c1-26-20(24)21(25,12-11-15-7-9-17(22)10-8-15)13-18-14-23-19(27-18)16-5-3-2-4-6-16/h2-12,14,25H,13H2,1H3/b12-11+/t21-/m0/s1. The van der Waals surface area contributed by atoms with Gasteiger partial charge in [-0.15, -0.1) is 0 Å². The van der Waals surface area contributed by atoms with Gasteiger partial charge in [-0.3, -0.25) is 0 Å². The Morgan fingerprint density at radius 3 is 2.59 bits per heavy atom. The van der Waals surface area contributed by atoms with Gasteiger partial charge in [0, 0.05) is 10.0 Å². The molecule has 5 nitrogen and oxygen atoms in total. The second-order valence-electron chi connectivity index (χ2n) is 5.98. The Labute approximate surface area is 165 Å². The Kier molecular flexibility index (Phi) is 5.88. The lowest BCUT2D eigenvalue weighted by Crippen LogP contribution is -2.39. The van der Waals surface area contributed by atoms with Crippen LogP contribution in [0.15, 0.2) is 75.8 Å². The zero-order valence-corrected chi connectivity index (χ0v) is 16.2. The number of halogens is 1. The van der Waals surface area contributed by atoms with Gasteiger partial charge in [0.15, 0.2) is 5.60 Å². The van der Waals surface area contributed by atoms with E-state index in [0.29, 0.717) is 11.7 Å². The van der Waals surface area contributed by atoms with Crippen LogP contribution in [0.2, 0.25) is 0 Å². The summed E-state index contributed by atoms with van der Waals surface area (Å²) in [4.78, 5) is 16.4. The summed E-state index contributed by atoms with van der Waals surface area (Å²) in [6, 6.07) is 16.9. The van der Waals surface area contributed by atoms with Crippen LogP contribution in [0, 0.1) is 0 Å². The molecule has 27 heavy (non-hydrogen) atoms. The molecule has 0 bridgehead atoms. The monoisotopic (exact) mass is 427 g/mol. The number of hydrogen-bond donors (Lipinski definition) is 1. The number of nitrogens with zero attached hydrogens (tertiary/aromatic N) is 1. The van der Waals surface area contributed by atoms with Crippen molar-refractivity contribution in [3.05, 3.63) is 82.7 Å². The quantitative estimate of drug-likeness (QED) is 0.594. The maximum Gasteiger partial charge on any atom is 0.342 e. The molecule has 1 aromatic heterocycles. The summed E-state index contributed by atoms with van der Waals surface area (Å²) in [5.74, 6) is 0.0328. The summed E-state index contributed by atoms with van der Waals surface area (Å²) in [6.07, 6.45) is 4.49. The van der Waals surface area contributed by atoms with Gasteiger partial charge in [-0.05, 0) is 35.9 Å². The fourth-order valence-electron chi connectivity index (χ4n) is 2.55. The van der Waals surface area contributed by atoms with E-state index in [1.54, 1.807) is 6.08 Å². The number of benzene rings is 2. The van der Waals surface area contributed by atoms with Crippen LogP contribution in [0.5, 0.6) is 0 Å². The van der Waals surface area contributed by atoms with Crippen LogP contribution in [-0.2, 0) is 16.0 Å². The van der Waals surface area contributed by atoms with Crippen molar-refractivity contribution in [1.82, 2.24) is 4.98 Å². The molecule has 3 rings (SSSR count). The van der Waals surface area contributed by atoms with Gasteiger partial charge in [-0.2, -0.15) is 0 Å². The molecule has 1 atom stereocenters. The maximum absolute atomic E-state index is 12.2. The third-order valence-corrected chi connectivity index (χ3v) is 4.51. The average molecular weight is 428 g/mol. The molecule has 0 saturated carbocycles. The van der Waals surface area contributed by atoms with Crippen LogP contribution in [-0.4, -0.2) is 28.8 Å². The zero-order chi connectivity index (χ0) is 19.3. The summed E-state index contributed by atoms with van der Waals surface area (Å²) in [6.45, 7) is 0. The zero-order valence-electron chi connectivity index (χ0n) is 14.6. The number of oxazole rings is 1. The molecule has 0 aliphatic heterocycles. The van der Waals surface area contributed by atoms with Crippen molar-refractivity contribution in [3.63, 3.8) is 0 Å². The molecule has 0 amide bonds. The lowest BCUT2D eigenvalue weighted by molar-refractivity contribution is -0.157. The Balaban J connectivity index is 1.83.